The average Bonchev–Trinajstić information content (AvgIpc) is 3.42. The van der Waals surface area contributed by atoms with Gasteiger partial charge in [-0.15, -0.1) is 0 Å². The molecule has 3 nitrogen and oxygen atoms in total. The smallest absolute Gasteiger partial charge is 0.0702 e. The normalized spacial score (nSPS) is 11.6. The zero-order chi connectivity index (χ0) is 49.1. The molecule has 0 atom stereocenters. The molecule has 3 heterocycles. The summed E-state index contributed by atoms with van der Waals surface area (Å²) in [5.41, 5.74) is 15.2. The summed E-state index contributed by atoms with van der Waals surface area (Å²) in [5, 5.41) is 11.3. The molecular weight excluding hydrogens is 859 g/mol. The Morgan fingerprint density at radius 1 is 0.493 bits per heavy atom. The highest BCUT2D eigenvalue weighted by Crippen LogP contribution is 2.43. The lowest BCUT2D eigenvalue weighted by atomic mass is 9.87. The monoisotopic (exact) mass is 917 g/mol. The number of aryl methyl sites for hydroxylation is 1. The van der Waals surface area contributed by atoms with Gasteiger partial charge in [0.2, 0.25) is 0 Å². The van der Waals surface area contributed by atoms with Gasteiger partial charge in [-0.3, -0.25) is 15.0 Å². The Morgan fingerprint density at radius 3 is 1.56 bits per heavy atom. The first kappa shape index (κ1) is 47.5. The number of allylic oxidation sites excluding steroid dienone is 10. The summed E-state index contributed by atoms with van der Waals surface area (Å²) in [4.78, 5) is 13.9. The number of fused-ring (bicyclic) bond motifs is 3. The van der Waals surface area contributed by atoms with E-state index in [1.54, 1.807) is 6.08 Å². The second-order valence-corrected chi connectivity index (χ2v) is 18.2. The Kier molecular flexibility index (Phi) is 14.9. The fraction of sp³-hybridized carbons (Fsp3) is 0.103. The van der Waals surface area contributed by atoms with Crippen molar-refractivity contribution in [2.45, 2.75) is 47.0 Å². The van der Waals surface area contributed by atoms with Gasteiger partial charge < -0.3 is 0 Å². The van der Waals surface area contributed by atoms with Crippen LogP contribution < -0.4 is 0 Å². The highest BCUT2D eigenvalue weighted by atomic mass is 14.7. The maximum absolute atomic E-state index is 4.76. The van der Waals surface area contributed by atoms with E-state index in [1.165, 1.54) is 82.2 Å². The minimum Gasteiger partial charge on any atom is -0.256 e. The van der Waals surface area contributed by atoms with Crippen molar-refractivity contribution in [1.82, 2.24) is 15.0 Å². The van der Waals surface area contributed by atoms with Gasteiger partial charge in [-0.2, -0.15) is 0 Å². The van der Waals surface area contributed by atoms with E-state index in [0.717, 1.165) is 57.7 Å². The molecular formula is C68H59N3. The van der Waals surface area contributed by atoms with Gasteiger partial charge in [0, 0.05) is 45.9 Å². The van der Waals surface area contributed by atoms with Crippen LogP contribution in [0.15, 0.2) is 255 Å². The summed E-state index contributed by atoms with van der Waals surface area (Å²) in [6.45, 7) is 15.7. The third kappa shape index (κ3) is 10.9. The van der Waals surface area contributed by atoms with Crippen LogP contribution in [0.25, 0.3) is 98.4 Å². The molecule has 11 rings (SSSR count). The molecule has 11 aromatic rings. The van der Waals surface area contributed by atoms with Crippen LogP contribution in [0.2, 0.25) is 0 Å². The third-order valence-electron chi connectivity index (χ3n) is 13.0. The fourth-order valence-corrected chi connectivity index (χ4v) is 9.22. The first-order chi connectivity index (χ1) is 34.8. The van der Waals surface area contributed by atoms with Crippen molar-refractivity contribution in [2.24, 2.45) is 0 Å². The second kappa shape index (κ2) is 22.3. The lowest BCUT2D eigenvalue weighted by Crippen LogP contribution is -1.90. The molecule has 8 aromatic carbocycles. The summed E-state index contributed by atoms with van der Waals surface area (Å²) in [5.74, 6) is 0. The SMILES string of the molecule is C=C/C=C\C(/C=C(/C)C=C)=C(C)C.CC/C=C\CCc1cnc2ccccc2c1.c1ccc2ncc(-c3ccc(-c4ccc5ccc6c(-c7cnc8ccccc8c7)ccc7ccc4c5c76)cc3)cc2c1. The molecule has 0 unspecified atom stereocenters. The average molecular weight is 918 g/mol. The molecule has 3 heteroatoms. The van der Waals surface area contributed by atoms with Gasteiger partial charge in [0.05, 0.1) is 16.6 Å². The number of hydrogen-bond acceptors (Lipinski definition) is 3. The molecule has 0 saturated carbocycles. The van der Waals surface area contributed by atoms with E-state index in [-0.39, 0.29) is 0 Å². The second-order valence-electron chi connectivity index (χ2n) is 18.2. The van der Waals surface area contributed by atoms with Crippen molar-refractivity contribution < 1.29 is 0 Å². The van der Waals surface area contributed by atoms with Crippen LogP contribution in [0.4, 0.5) is 0 Å². The summed E-state index contributed by atoms with van der Waals surface area (Å²) >= 11 is 0. The lowest BCUT2D eigenvalue weighted by molar-refractivity contribution is 0.985. The molecule has 3 aromatic heterocycles. The number of benzene rings is 8. The van der Waals surface area contributed by atoms with Gasteiger partial charge in [0.15, 0.2) is 0 Å². The van der Waals surface area contributed by atoms with Gasteiger partial charge in [0.1, 0.15) is 0 Å². The molecule has 0 aliphatic heterocycles. The topological polar surface area (TPSA) is 38.7 Å². The van der Waals surface area contributed by atoms with Crippen LogP contribution >= 0.6 is 0 Å². The molecule has 0 aliphatic carbocycles. The van der Waals surface area contributed by atoms with E-state index in [9.17, 15) is 0 Å². The first-order valence-electron chi connectivity index (χ1n) is 24.6. The Hall–Kier alpha value is -8.53. The summed E-state index contributed by atoms with van der Waals surface area (Å²) < 4.78 is 0. The molecule has 0 radical (unpaired) electrons. The maximum Gasteiger partial charge on any atom is 0.0702 e. The summed E-state index contributed by atoms with van der Waals surface area (Å²) in [6.07, 6.45) is 23.5. The van der Waals surface area contributed by atoms with Gasteiger partial charge in [-0.25, -0.2) is 0 Å². The van der Waals surface area contributed by atoms with Crippen molar-refractivity contribution in [3.63, 3.8) is 0 Å². The highest BCUT2D eigenvalue weighted by Gasteiger charge is 2.15. The number of rotatable bonds is 11. The Bertz CT molecular complexity index is 3800. The minimum atomic E-state index is 1.02. The van der Waals surface area contributed by atoms with E-state index in [4.69, 9.17) is 4.98 Å². The first-order valence-corrected chi connectivity index (χ1v) is 24.6. The van der Waals surface area contributed by atoms with Gasteiger partial charge in [0.25, 0.3) is 0 Å². The molecule has 0 fully saturated rings. The third-order valence-corrected chi connectivity index (χ3v) is 13.0. The molecule has 0 aliphatic rings. The Morgan fingerprint density at radius 2 is 1.00 bits per heavy atom. The number of para-hydroxylation sites is 3. The van der Waals surface area contributed by atoms with Gasteiger partial charge in [-0.1, -0.05) is 201 Å². The molecule has 346 valence electrons. The molecule has 0 saturated heterocycles. The predicted molar refractivity (Wildman–Crippen MR) is 308 cm³/mol. The van der Waals surface area contributed by atoms with E-state index in [1.807, 2.05) is 55.9 Å². The quantitative estimate of drug-likeness (QED) is 0.0737. The number of aromatic nitrogens is 3. The van der Waals surface area contributed by atoms with E-state index >= 15 is 0 Å². The Balaban J connectivity index is 0.000000177. The summed E-state index contributed by atoms with van der Waals surface area (Å²) in [6, 6.07) is 58.6. The van der Waals surface area contributed by atoms with Crippen molar-refractivity contribution in [1.29, 1.82) is 0 Å². The van der Waals surface area contributed by atoms with Crippen molar-refractivity contribution in [3.8, 4) is 33.4 Å². The van der Waals surface area contributed by atoms with Gasteiger partial charge >= 0.3 is 0 Å². The van der Waals surface area contributed by atoms with Crippen molar-refractivity contribution in [3.05, 3.63) is 260 Å². The Labute approximate surface area is 418 Å². The zero-order valence-corrected chi connectivity index (χ0v) is 41.2. The van der Waals surface area contributed by atoms with E-state index < -0.39 is 0 Å². The predicted octanol–water partition coefficient (Wildman–Crippen LogP) is 19.0. The number of nitrogens with zero attached hydrogens (tertiary/aromatic N) is 3. The van der Waals surface area contributed by atoms with E-state index in [0.29, 0.717) is 0 Å². The summed E-state index contributed by atoms with van der Waals surface area (Å²) in [7, 11) is 0. The van der Waals surface area contributed by atoms with Crippen molar-refractivity contribution >= 4 is 65.0 Å². The van der Waals surface area contributed by atoms with Crippen LogP contribution in [-0.2, 0) is 6.42 Å². The number of pyridine rings is 3. The highest BCUT2D eigenvalue weighted by molar-refractivity contribution is 6.27. The maximum atomic E-state index is 4.76. The largest absolute Gasteiger partial charge is 0.256 e. The van der Waals surface area contributed by atoms with Crippen LogP contribution in [0, 0.1) is 0 Å². The molecule has 0 spiro atoms. The van der Waals surface area contributed by atoms with Crippen LogP contribution in [0.1, 0.15) is 46.1 Å². The molecule has 0 N–H and O–H groups in total. The van der Waals surface area contributed by atoms with Gasteiger partial charge in [-0.05, 0) is 142 Å². The van der Waals surface area contributed by atoms with Crippen molar-refractivity contribution in [2.75, 3.05) is 0 Å². The standard InChI is InChI=1S/C40H24N2.C15H17N.C13H18/c1-3-7-37-29(5-1)21-31(23-41-37)25-9-11-26(12-10-25)33-17-13-27-16-20-36-34(18-14-28-15-19-35(33)39(27)40(28)36)32-22-30-6-2-4-8-38(30)42-24-32;1-2-3-4-5-8-13-11-14-9-6-7-10-15(14)16-12-13;1-6-8-9-13(11(3)4)10-12(5)7-2/h1-24H;3-4,6-7,9-12H,2,5,8H2,1H3;6-10H,1-2H2,3-5H3/b;4-3-;9-8-,12-10-. The van der Waals surface area contributed by atoms with E-state index in [2.05, 4.69) is 214 Å². The zero-order valence-electron chi connectivity index (χ0n) is 41.2. The molecule has 71 heavy (non-hydrogen) atoms. The van der Waals surface area contributed by atoms with Crippen LogP contribution in [0.3, 0.4) is 0 Å². The lowest BCUT2D eigenvalue weighted by Gasteiger charge is -2.17. The number of hydrogen-bond donors (Lipinski definition) is 0. The fourth-order valence-electron chi connectivity index (χ4n) is 9.22. The molecule has 0 amide bonds. The van der Waals surface area contributed by atoms with Crippen LogP contribution in [-0.4, -0.2) is 15.0 Å². The molecule has 0 bridgehead atoms. The minimum absolute atomic E-state index is 1.02. The van der Waals surface area contributed by atoms with Crippen LogP contribution in [0.5, 0.6) is 0 Å².